The highest BCUT2D eigenvalue weighted by atomic mass is 19.4. The third kappa shape index (κ3) is 4.69. The Kier molecular flexibility index (Phi) is 4.52. The average molecular weight is 322 g/mol. The molecule has 0 radical (unpaired) electrons. The largest absolute Gasteiger partial charge is 0.482 e. The van der Waals surface area contributed by atoms with Crippen LogP contribution in [-0.4, -0.2) is 17.9 Å². The molecule has 1 unspecified atom stereocenters. The number of rotatable bonds is 6. The van der Waals surface area contributed by atoms with Gasteiger partial charge >= 0.3 is 6.30 Å². The zero-order chi connectivity index (χ0) is 16.3. The third-order valence-corrected chi connectivity index (χ3v) is 3.66. The van der Waals surface area contributed by atoms with Crippen LogP contribution in [0.25, 0.3) is 0 Å². The molecule has 2 aromatic rings. The number of benzene rings is 1. The maximum Gasteiger partial charge on any atom is 0.482 e. The molecule has 6 heteroatoms. The van der Waals surface area contributed by atoms with Crippen molar-refractivity contribution < 1.29 is 17.9 Å². The zero-order valence-electron chi connectivity index (χ0n) is 12.4. The second kappa shape index (κ2) is 6.58. The molecular weight excluding hydrogens is 305 g/mol. The number of pyridine rings is 1. The number of hydrogen-bond donors (Lipinski definition) is 1. The molecule has 122 valence electrons. The van der Waals surface area contributed by atoms with Crippen molar-refractivity contribution in [1.29, 1.82) is 0 Å². The molecule has 0 aliphatic heterocycles. The lowest BCUT2D eigenvalue weighted by Crippen LogP contribution is -2.20. The van der Waals surface area contributed by atoms with Crippen LogP contribution < -0.4 is 5.32 Å². The van der Waals surface area contributed by atoms with Crippen molar-refractivity contribution in [3.05, 3.63) is 59.9 Å². The second-order valence-electron chi connectivity index (χ2n) is 5.69. The van der Waals surface area contributed by atoms with Gasteiger partial charge in [-0.25, -0.2) is 0 Å². The first kappa shape index (κ1) is 15.8. The summed E-state index contributed by atoms with van der Waals surface area (Å²) in [5.41, 5.74) is 1.50. The van der Waals surface area contributed by atoms with Gasteiger partial charge in [-0.2, -0.15) is 13.2 Å². The van der Waals surface area contributed by atoms with Crippen molar-refractivity contribution >= 4 is 5.69 Å². The van der Waals surface area contributed by atoms with Gasteiger partial charge in [-0.15, -0.1) is 0 Å². The molecule has 1 heterocycles. The van der Waals surface area contributed by atoms with Gasteiger partial charge in [0.2, 0.25) is 0 Å². The van der Waals surface area contributed by atoms with E-state index < -0.39 is 12.4 Å². The topological polar surface area (TPSA) is 34.1 Å². The van der Waals surface area contributed by atoms with Crippen LogP contribution in [0, 0.1) is 5.92 Å². The van der Waals surface area contributed by atoms with E-state index >= 15 is 0 Å². The van der Waals surface area contributed by atoms with Gasteiger partial charge in [0.15, 0.2) is 0 Å². The molecule has 0 bridgehead atoms. The molecule has 1 aromatic heterocycles. The minimum atomic E-state index is -4.46. The molecule has 0 amide bonds. The van der Waals surface area contributed by atoms with E-state index in [0.717, 1.165) is 18.4 Å². The average Bonchev–Trinajstić information content (AvgIpc) is 3.31. The summed E-state index contributed by atoms with van der Waals surface area (Å²) in [6.45, 7) is 0.608. The first-order valence-electron chi connectivity index (χ1n) is 7.48. The molecule has 1 fully saturated rings. The van der Waals surface area contributed by atoms with Crippen LogP contribution in [0.2, 0.25) is 0 Å². The minimum Gasteiger partial charge on any atom is -0.368 e. The van der Waals surface area contributed by atoms with Gasteiger partial charge in [0.1, 0.15) is 6.10 Å². The van der Waals surface area contributed by atoms with E-state index in [1.165, 1.54) is 17.4 Å². The zero-order valence-corrected chi connectivity index (χ0v) is 12.4. The molecule has 0 saturated heterocycles. The Bertz CT molecular complexity index is 642. The van der Waals surface area contributed by atoms with Crippen LogP contribution in [0.15, 0.2) is 48.8 Å². The second-order valence-corrected chi connectivity index (χ2v) is 5.69. The highest BCUT2D eigenvalue weighted by molar-refractivity contribution is 5.48. The summed E-state index contributed by atoms with van der Waals surface area (Å²) in [6.07, 6.45) is 0.756. The number of anilines is 1. The van der Waals surface area contributed by atoms with Crippen molar-refractivity contribution in [1.82, 2.24) is 4.98 Å². The Balaban J connectivity index is 1.84. The van der Waals surface area contributed by atoms with Crippen LogP contribution in [0.1, 0.15) is 30.1 Å². The molecule has 0 spiro atoms. The third-order valence-electron chi connectivity index (χ3n) is 3.66. The monoisotopic (exact) mass is 322 g/mol. The standard InChI is InChI=1S/C17H17F3N2O/c18-17(19,20)22-15-5-1-3-13(9-15)16(23-11-12-6-7-12)14-4-2-8-21-10-14/h1-5,8-10,12,16,22H,6-7,11H2. The fourth-order valence-electron chi connectivity index (χ4n) is 2.38. The van der Waals surface area contributed by atoms with Crippen molar-refractivity contribution in [2.45, 2.75) is 25.2 Å². The number of ether oxygens (including phenoxy) is 1. The lowest BCUT2D eigenvalue weighted by Gasteiger charge is -2.20. The molecule has 1 N–H and O–H groups in total. The summed E-state index contributed by atoms with van der Waals surface area (Å²) < 4.78 is 43.5. The Hall–Kier alpha value is -2.08. The molecule has 3 nitrogen and oxygen atoms in total. The quantitative estimate of drug-likeness (QED) is 0.794. The number of aromatic nitrogens is 1. The van der Waals surface area contributed by atoms with E-state index in [0.29, 0.717) is 18.1 Å². The molecule has 1 aromatic carbocycles. The van der Waals surface area contributed by atoms with E-state index in [-0.39, 0.29) is 5.69 Å². The summed E-state index contributed by atoms with van der Waals surface area (Å²) in [6, 6.07) is 9.88. The molecule has 23 heavy (non-hydrogen) atoms. The van der Waals surface area contributed by atoms with E-state index in [4.69, 9.17) is 4.74 Å². The summed E-state index contributed by atoms with van der Waals surface area (Å²) in [7, 11) is 0. The Morgan fingerprint density at radius 2 is 1.96 bits per heavy atom. The lowest BCUT2D eigenvalue weighted by molar-refractivity contribution is -0.0999. The normalized spacial score (nSPS) is 16.1. The van der Waals surface area contributed by atoms with Crippen LogP contribution >= 0.6 is 0 Å². The minimum absolute atomic E-state index is 0.00101. The van der Waals surface area contributed by atoms with E-state index in [1.54, 1.807) is 30.6 Å². The molecule has 1 aliphatic rings. The summed E-state index contributed by atoms with van der Waals surface area (Å²) in [5.74, 6) is 0.561. The molecule has 3 rings (SSSR count). The van der Waals surface area contributed by atoms with E-state index in [1.807, 2.05) is 6.07 Å². The lowest BCUT2D eigenvalue weighted by atomic mass is 10.0. The molecular formula is C17H17F3N2O. The Morgan fingerprint density at radius 1 is 1.17 bits per heavy atom. The summed E-state index contributed by atoms with van der Waals surface area (Å²) in [5, 5.41) is 1.53. The number of nitrogens with one attached hydrogen (secondary N) is 1. The van der Waals surface area contributed by atoms with Crippen LogP contribution in [0.5, 0.6) is 0 Å². The first-order valence-corrected chi connectivity index (χ1v) is 7.48. The Labute approximate surface area is 132 Å². The van der Waals surface area contributed by atoms with Crippen molar-refractivity contribution in [3.8, 4) is 0 Å². The predicted octanol–water partition coefficient (Wildman–Crippen LogP) is 4.53. The number of hydrogen-bond acceptors (Lipinski definition) is 3. The first-order chi connectivity index (χ1) is 11.0. The Morgan fingerprint density at radius 3 is 2.61 bits per heavy atom. The highest BCUT2D eigenvalue weighted by Gasteiger charge is 2.28. The molecule has 1 aliphatic carbocycles. The van der Waals surface area contributed by atoms with Gasteiger partial charge in [0, 0.05) is 23.6 Å². The maximum absolute atomic E-state index is 12.5. The van der Waals surface area contributed by atoms with Crippen LogP contribution in [-0.2, 0) is 4.74 Å². The van der Waals surface area contributed by atoms with Crippen LogP contribution in [0.3, 0.4) is 0 Å². The van der Waals surface area contributed by atoms with Gasteiger partial charge in [-0.3, -0.25) is 10.3 Å². The van der Waals surface area contributed by atoms with Crippen molar-refractivity contribution in [2.75, 3.05) is 11.9 Å². The summed E-state index contributed by atoms with van der Waals surface area (Å²) >= 11 is 0. The van der Waals surface area contributed by atoms with Gasteiger partial charge < -0.3 is 4.74 Å². The van der Waals surface area contributed by atoms with Gasteiger partial charge in [0.25, 0.3) is 0 Å². The fraction of sp³-hybridized carbons (Fsp3) is 0.353. The van der Waals surface area contributed by atoms with Gasteiger partial charge in [-0.1, -0.05) is 18.2 Å². The highest BCUT2D eigenvalue weighted by Crippen LogP contribution is 2.34. The van der Waals surface area contributed by atoms with Crippen molar-refractivity contribution in [3.63, 3.8) is 0 Å². The SMILES string of the molecule is FC(F)(F)Nc1cccc(C(OCC2CC2)c2cccnc2)c1. The fourth-order valence-corrected chi connectivity index (χ4v) is 2.38. The maximum atomic E-state index is 12.5. The number of halogens is 3. The smallest absolute Gasteiger partial charge is 0.368 e. The number of nitrogens with zero attached hydrogens (tertiary/aromatic N) is 1. The van der Waals surface area contributed by atoms with Gasteiger partial charge in [0.05, 0.1) is 6.61 Å². The van der Waals surface area contributed by atoms with E-state index in [2.05, 4.69) is 4.98 Å². The van der Waals surface area contributed by atoms with Crippen LogP contribution in [0.4, 0.5) is 18.9 Å². The predicted molar refractivity (Wildman–Crippen MR) is 80.9 cm³/mol. The van der Waals surface area contributed by atoms with Gasteiger partial charge in [-0.05, 0) is 42.5 Å². The summed E-state index contributed by atoms with van der Waals surface area (Å²) in [4.78, 5) is 4.08. The number of alkyl halides is 3. The molecule has 1 atom stereocenters. The van der Waals surface area contributed by atoms with Crippen molar-refractivity contribution in [2.24, 2.45) is 5.92 Å². The van der Waals surface area contributed by atoms with E-state index in [9.17, 15) is 13.2 Å². The molecule has 1 saturated carbocycles.